The average Bonchev–Trinajstić information content (AvgIpc) is 3.16. The molecule has 3 aromatic carbocycles. The van der Waals surface area contributed by atoms with Gasteiger partial charge in [0.05, 0.1) is 32.4 Å². The SMILES string of the molecule is COc1cc(/C=C2\SC(=Nc3cccc(C(=O)O)c3C)N(C)C2=O)cc(I)c1OCc1ccc(C(=O)O)cc1. The zero-order valence-corrected chi connectivity index (χ0v) is 24.1. The Morgan fingerprint density at radius 2 is 1.82 bits per heavy atom. The molecule has 0 spiro atoms. The monoisotopic (exact) mass is 658 g/mol. The number of methoxy groups -OCH3 is 1. The number of carboxylic acids is 2. The number of likely N-dealkylation sites (N-methyl/N-ethyl adjacent to an activating group) is 1. The predicted molar refractivity (Wildman–Crippen MR) is 157 cm³/mol. The van der Waals surface area contributed by atoms with Crippen LogP contribution in [0.15, 0.2) is 64.5 Å². The van der Waals surface area contributed by atoms with Crippen LogP contribution in [-0.4, -0.2) is 52.3 Å². The van der Waals surface area contributed by atoms with E-state index in [1.807, 2.05) is 6.07 Å². The van der Waals surface area contributed by atoms with Crippen LogP contribution in [0.3, 0.4) is 0 Å². The summed E-state index contributed by atoms with van der Waals surface area (Å²) in [5.41, 5.74) is 2.88. The Morgan fingerprint density at radius 1 is 1.10 bits per heavy atom. The summed E-state index contributed by atoms with van der Waals surface area (Å²) >= 11 is 3.33. The van der Waals surface area contributed by atoms with Crippen LogP contribution in [0, 0.1) is 10.5 Å². The van der Waals surface area contributed by atoms with Crippen LogP contribution in [0.2, 0.25) is 0 Å². The van der Waals surface area contributed by atoms with E-state index in [0.717, 1.165) is 14.7 Å². The number of hydrogen-bond acceptors (Lipinski definition) is 7. The van der Waals surface area contributed by atoms with Crippen LogP contribution >= 0.6 is 34.4 Å². The Labute approximate surface area is 242 Å². The van der Waals surface area contributed by atoms with Crippen molar-refractivity contribution in [1.29, 1.82) is 0 Å². The summed E-state index contributed by atoms with van der Waals surface area (Å²) in [6, 6.07) is 14.9. The molecule has 0 aliphatic carbocycles. The van der Waals surface area contributed by atoms with Crippen LogP contribution < -0.4 is 9.47 Å². The van der Waals surface area contributed by atoms with E-state index in [4.69, 9.17) is 14.6 Å². The van der Waals surface area contributed by atoms with Gasteiger partial charge in [-0.25, -0.2) is 14.6 Å². The van der Waals surface area contributed by atoms with Gasteiger partial charge in [-0.3, -0.25) is 9.69 Å². The van der Waals surface area contributed by atoms with E-state index in [9.17, 15) is 19.5 Å². The van der Waals surface area contributed by atoms with Gasteiger partial charge in [0.15, 0.2) is 16.7 Å². The molecule has 2 N–H and O–H groups in total. The fourth-order valence-electron chi connectivity index (χ4n) is 3.74. The number of halogens is 1. The maximum atomic E-state index is 13.0. The molecular formula is C28H23IN2O7S. The lowest BCUT2D eigenvalue weighted by atomic mass is 10.1. The minimum absolute atomic E-state index is 0.158. The molecule has 0 unspecified atom stereocenters. The Hall–Kier alpha value is -3.84. The van der Waals surface area contributed by atoms with E-state index in [1.54, 1.807) is 50.4 Å². The number of carboxylic acid groups (broad SMARTS) is 2. The summed E-state index contributed by atoms with van der Waals surface area (Å²) in [6.07, 6.45) is 1.74. The van der Waals surface area contributed by atoms with Gasteiger partial charge in [0.1, 0.15) is 6.61 Å². The number of aliphatic imine (C=N–C) groups is 1. The molecule has 1 amide bonds. The molecule has 1 aliphatic rings. The lowest BCUT2D eigenvalue weighted by Crippen LogP contribution is -2.23. The summed E-state index contributed by atoms with van der Waals surface area (Å²) in [5, 5.41) is 18.9. The second kappa shape index (κ2) is 11.9. The zero-order valence-electron chi connectivity index (χ0n) is 21.1. The molecule has 200 valence electrons. The normalized spacial score (nSPS) is 15.2. The second-order valence-corrected chi connectivity index (χ2v) is 10.6. The van der Waals surface area contributed by atoms with Gasteiger partial charge in [-0.1, -0.05) is 18.2 Å². The van der Waals surface area contributed by atoms with Crippen molar-refractivity contribution in [1.82, 2.24) is 4.90 Å². The maximum absolute atomic E-state index is 13.0. The van der Waals surface area contributed by atoms with Crippen molar-refractivity contribution in [3.63, 3.8) is 0 Å². The molecule has 39 heavy (non-hydrogen) atoms. The van der Waals surface area contributed by atoms with E-state index in [1.165, 1.54) is 42.0 Å². The van der Waals surface area contributed by atoms with Crippen LogP contribution in [-0.2, 0) is 11.4 Å². The van der Waals surface area contributed by atoms with Crippen molar-refractivity contribution < 1.29 is 34.1 Å². The maximum Gasteiger partial charge on any atom is 0.336 e. The number of nitrogens with zero attached hydrogens (tertiary/aromatic N) is 2. The predicted octanol–water partition coefficient (Wildman–Crippen LogP) is 5.82. The number of benzene rings is 3. The Balaban J connectivity index is 1.57. The van der Waals surface area contributed by atoms with Gasteiger partial charge in [-0.05, 0) is 100 Å². The third-order valence-corrected chi connectivity index (χ3v) is 7.75. The second-order valence-electron chi connectivity index (χ2n) is 8.45. The Morgan fingerprint density at radius 3 is 2.46 bits per heavy atom. The van der Waals surface area contributed by atoms with Crippen LogP contribution in [0.25, 0.3) is 6.08 Å². The Bertz CT molecular complexity index is 1530. The van der Waals surface area contributed by atoms with E-state index in [2.05, 4.69) is 27.6 Å². The topological polar surface area (TPSA) is 126 Å². The molecule has 9 nitrogen and oxygen atoms in total. The number of carbonyl (C=O) groups excluding carboxylic acids is 1. The number of amidine groups is 1. The molecule has 0 atom stereocenters. The molecule has 0 aromatic heterocycles. The van der Waals surface area contributed by atoms with Crippen molar-refractivity contribution in [3.05, 3.63) is 90.9 Å². The van der Waals surface area contributed by atoms with Gasteiger partial charge in [0.25, 0.3) is 5.91 Å². The van der Waals surface area contributed by atoms with Gasteiger partial charge >= 0.3 is 11.9 Å². The van der Waals surface area contributed by atoms with E-state index < -0.39 is 11.9 Å². The van der Waals surface area contributed by atoms with Crippen LogP contribution in [0.5, 0.6) is 11.5 Å². The first-order chi connectivity index (χ1) is 18.6. The van der Waals surface area contributed by atoms with E-state index in [0.29, 0.717) is 32.8 Å². The quantitative estimate of drug-likeness (QED) is 0.229. The average molecular weight is 658 g/mol. The van der Waals surface area contributed by atoms with Crippen LogP contribution in [0.1, 0.15) is 37.4 Å². The number of amides is 1. The minimum Gasteiger partial charge on any atom is -0.493 e. The highest BCUT2D eigenvalue weighted by Crippen LogP contribution is 2.38. The van der Waals surface area contributed by atoms with Gasteiger partial charge in [-0.15, -0.1) is 0 Å². The molecule has 0 saturated carbocycles. The molecule has 1 heterocycles. The van der Waals surface area contributed by atoms with Crippen molar-refractivity contribution in [2.24, 2.45) is 4.99 Å². The summed E-state index contributed by atoms with van der Waals surface area (Å²) in [7, 11) is 3.15. The molecule has 1 aliphatic heterocycles. The van der Waals surface area contributed by atoms with Gasteiger partial charge in [0, 0.05) is 7.05 Å². The van der Waals surface area contributed by atoms with E-state index >= 15 is 0 Å². The number of carbonyl (C=O) groups is 3. The number of thioether (sulfide) groups is 1. The minimum atomic E-state index is -1.04. The highest BCUT2D eigenvalue weighted by atomic mass is 127. The molecule has 3 aromatic rings. The molecule has 1 saturated heterocycles. The van der Waals surface area contributed by atoms with Crippen molar-refractivity contribution in [2.75, 3.05) is 14.2 Å². The highest BCUT2D eigenvalue weighted by Gasteiger charge is 2.31. The number of rotatable bonds is 8. The van der Waals surface area contributed by atoms with Gasteiger partial charge in [-0.2, -0.15) is 0 Å². The third kappa shape index (κ3) is 6.25. The first kappa shape index (κ1) is 28.2. The summed E-state index contributed by atoms with van der Waals surface area (Å²) in [6.45, 7) is 1.90. The highest BCUT2D eigenvalue weighted by molar-refractivity contribution is 14.1. The first-order valence-electron chi connectivity index (χ1n) is 11.5. The van der Waals surface area contributed by atoms with Gasteiger partial charge < -0.3 is 19.7 Å². The standard InChI is InChI=1S/C28H23IN2O7S/c1-15-19(27(35)36)5-4-6-21(15)30-28-31(2)25(32)23(39-28)13-17-11-20(29)24(22(12-17)37-3)38-14-16-7-9-18(10-8-16)26(33)34/h4-13H,14H2,1-3H3,(H,33,34)(H,35,36)/b23-13-,30-28?. The summed E-state index contributed by atoms with van der Waals surface area (Å²) in [4.78, 5) is 41.9. The third-order valence-electron chi connectivity index (χ3n) is 5.89. The Kier molecular flexibility index (Phi) is 8.60. The van der Waals surface area contributed by atoms with Crippen LogP contribution in [0.4, 0.5) is 5.69 Å². The fraction of sp³-hybridized carbons (Fsp3) is 0.143. The van der Waals surface area contributed by atoms with Gasteiger partial charge in [0.2, 0.25) is 0 Å². The lowest BCUT2D eigenvalue weighted by Gasteiger charge is -2.14. The van der Waals surface area contributed by atoms with Crippen molar-refractivity contribution >= 4 is 69.1 Å². The number of hydrogen-bond donors (Lipinski definition) is 2. The molecule has 0 radical (unpaired) electrons. The van der Waals surface area contributed by atoms with Crippen molar-refractivity contribution in [2.45, 2.75) is 13.5 Å². The number of aromatic carboxylic acids is 2. The zero-order chi connectivity index (χ0) is 28.3. The summed E-state index contributed by atoms with van der Waals surface area (Å²) in [5.74, 6) is -1.25. The lowest BCUT2D eigenvalue weighted by molar-refractivity contribution is -0.121. The molecule has 4 rings (SSSR count). The van der Waals surface area contributed by atoms with E-state index in [-0.39, 0.29) is 23.6 Å². The van der Waals surface area contributed by atoms with Crippen molar-refractivity contribution in [3.8, 4) is 11.5 Å². The fourth-order valence-corrected chi connectivity index (χ4v) is 5.51. The molecular weight excluding hydrogens is 635 g/mol. The largest absolute Gasteiger partial charge is 0.493 e. The smallest absolute Gasteiger partial charge is 0.336 e. The molecule has 1 fully saturated rings. The number of ether oxygens (including phenoxy) is 2. The molecule has 0 bridgehead atoms. The summed E-state index contributed by atoms with van der Waals surface area (Å²) < 4.78 is 12.3. The first-order valence-corrected chi connectivity index (χ1v) is 13.4. The molecule has 11 heteroatoms.